The number of rotatable bonds is 5. The van der Waals surface area contributed by atoms with Gasteiger partial charge in [0.05, 0.1) is 13.2 Å². The Morgan fingerprint density at radius 2 is 2.00 bits per heavy atom. The fourth-order valence-electron chi connectivity index (χ4n) is 2.42. The molecular weight excluding hydrogens is 274 g/mol. The first kappa shape index (κ1) is 15.3. The van der Waals surface area contributed by atoms with Crippen LogP contribution >= 0.6 is 0 Å². The van der Waals surface area contributed by atoms with E-state index in [2.05, 4.69) is 5.32 Å². The topological polar surface area (TPSA) is 84.9 Å². The van der Waals surface area contributed by atoms with Gasteiger partial charge in [0, 0.05) is 5.56 Å². The first-order chi connectivity index (χ1) is 10.0. The highest BCUT2D eigenvalue weighted by Gasteiger charge is 2.35. The van der Waals surface area contributed by atoms with Crippen LogP contribution in [0.2, 0.25) is 0 Å². The van der Waals surface area contributed by atoms with Gasteiger partial charge in [0.1, 0.15) is 11.9 Å². The van der Waals surface area contributed by atoms with Gasteiger partial charge in [-0.1, -0.05) is 18.2 Å². The van der Waals surface area contributed by atoms with E-state index in [1.54, 1.807) is 7.11 Å². The maximum Gasteiger partial charge on any atom is 0.332 e. The fourth-order valence-corrected chi connectivity index (χ4v) is 2.42. The molecule has 6 heteroatoms. The van der Waals surface area contributed by atoms with E-state index in [4.69, 9.17) is 14.6 Å². The lowest BCUT2D eigenvalue weighted by atomic mass is 10.1. The van der Waals surface area contributed by atoms with Crippen molar-refractivity contribution in [2.45, 2.75) is 38.0 Å². The summed E-state index contributed by atoms with van der Waals surface area (Å²) in [4.78, 5) is 23.0. The molecule has 0 aromatic heterocycles. The fraction of sp³-hybridized carbons (Fsp3) is 0.467. The Balaban J connectivity index is 1.98. The summed E-state index contributed by atoms with van der Waals surface area (Å²) in [7, 11) is 1.57. The van der Waals surface area contributed by atoms with Crippen molar-refractivity contribution >= 4 is 11.9 Å². The van der Waals surface area contributed by atoms with Crippen LogP contribution in [0.15, 0.2) is 24.3 Å². The zero-order chi connectivity index (χ0) is 15.4. The summed E-state index contributed by atoms with van der Waals surface area (Å²) in [6.07, 6.45) is -0.816. The molecule has 21 heavy (non-hydrogen) atoms. The quantitative estimate of drug-likeness (QED) is 0.859. The van der Waals surface area contributed by atoms with Crippen LogP contribution < -0.4 is 10.1 Å². The molecule has 1 aliphatic rings. The van der Waals surface area contributed by atoms with Crippen molar-refractivity contribution in [1.29, 1.82) is 0 Å². The van der Waals surface area contributed by atoms with E-state index >= 15 is 0 Å². The minimum absolute atomic E-state index is 0.249. The summed E-state index contributed by atoms with van der Waals surface area (Å²) >= 11 is 0. The molecule has 3 atom stereocenters. The van der Waals surface area contributed by atoms with Crippen molar-refractivity contribution in [3.05, 3.63) is 29.8 Å². The Morgan fingerprint density at radius 3 is 2.62 bits per heavy atom. The highest BCUT2D eigenvalue weighted by atomic mass is 16.5. The van der Waals surface area contributed by atoms with Crippen molar-refractivity contribution in [1.82, 2.24) is 5.32 Å². The molecule has 0 radical (unpaired) electrons. The number of benzene rings is 1. The molecule has 6 nitrogen and oxygen atoms in total. The number of methoxy groups -OCH3 is 1. The number of para-hydroxylation sites is 1. The smallest absolute Gasteiger partial charge is 0.332 e. The molecule has 0 spiro atoms. The zero-order valence-corrected chi connectivity index (χ0v) is 12.0. The lowest BCUT2D eigenvalue weighted by molar-refractivity contribution is -0.151. The third kappa shape index (κ3) is 3.52. The first-order valence-electron chi connectivity index (χ1n) is 6.84. The largest absolute Gasteiger partial charge is 0.496 e. The SMILES string of the molecule is COc1ccccc1[C@@H](C)NC(=O)[C@@H]1CC[C@H](C(=O)O)O1. The van der Waals surface area contributed by atoms with Gasteiger partial charge in [0.2, 0.25) is 5.91 Å². The van der Waals surface area contributed by atoms with E-state index in [1.807, 2.05) is 31.2 Å². The maximum absolute atomic E-state index is 12.1. The zero-order valence-electron chi connectivity index (χ0n) is 12.0. The molecule has 1 amide bonds. The van der Waals surface area contributed by atoms with E-state index in [-0.39, 0.29) is 11.9 Å². The normalized spacial score (nSPS) is 22.6. The van der Waals surface area contributed by atoms with Crippen LogP contribution in [0.1, 0.15) is 31.4 Å². The van der Waals surface area contributed by atoms with Gasteiger partial charge < -0.3 is 19.9 Å². The van der Waals surface area contributed by atoms with Crippen LogP contribution in [0, 0.1) is 0 Å². The lowest BCUT2D eigenvalue weighted by Crippen LogP contribution is -2.37. The number of carboxylic acid groups (broad SMARTS) is 1. The number of ether oxygens (including phenoxy) is 2. The number of amides is 1. The maximum atomic E-state index is 12.1. The Kier molecular flexibility index (Phi) is 4.80. The van der Waals surface area contributed by atoms with Crippen LogP contribution in [0.3, 0.4) is 0 Å². The van der Waals surface area contributed by atoms with Gasteiger partial charge in [-0.3, -0.25) is 4.79 Å². The summed E-state index contributed by atoms with van der Waals surface area (Å²) in [5.41, 5.74) is 0.862. The van der Waals surface area contributed by atoms with E-state index in [1.165, 1.54) is 0 Å². The second kappa shape index (κ2) is 6.58. The predicted octanol–water partition coefficient (Wildman–Crippen LogP) is 1.50. The third-order valence-corrected chi connectivity index (χ3v) is 3.55. The van der Waals surface area contributed by atoms with Gasteiger partial charge in [-0.2, -0.15) is 0 Å². The molecule has 114 valence electrons. The molecule has 0 unspecified atom stereocenters. The molecule has 1 saturated heterocycles. The summed E-state index contributed by atoms with van der Waals surface area (Å²) < 4.78 is 10.5. The Bertz CT molecular complexity index is 531. The molecule has 0 bridgehead atoms. The summed E-state index contributed by atoms with van der Waals surface area (Å²) in [5, 5.41) is 11.7. The van der Waals surface area contributed by atoms with E-state index in [9.17, 15) is 9.59 Å². The Labute approximate surface area is 123 Å². The molecule has 1 aliphatic heterocycles. The number of carboxylic acids is 1. The van der Waals surface area contributed by atoms with Crippen molar-refractivity contribution < 1.29 is 24.2 Å². The van der Waals surface area contributed by atoms with E-state index in [0.717, 1.165) is 5.56 Å². The summed E-state index contributed by atoms with van der Waals surface area (Å²) in [6.45, 7) is 1.85. The molecule has 2 rings (SSSR count). The average molecular weight is 293 g/mol. The molecule has 1 aromatic carbocycles. The molecule has 2 N–H and O–H groups in total. The first-order valence-corrected chi connectivity index (χ1v) is 6.84. The van der Waals surface area contributed by atoms with Gasteiger partial charge in [-0.15, -0.1) is 0 Å². The predicted molar refractivity (Wildman–Crippen MR) is 75.1 cm³/mol. The van der Waals surface area contributed by atoms with Crippen molar-refractivity contribution in [2.24, 2.45) is 0 Å². The molecule has 0 aliphatic carbocycles. The van der Waals surface area contributed by atoms with Crippen LogP contribution in [0.25, 0.3) is 0 Å². The third-order valence-electron chi connectivity index (χ3n) is 3.55. The highest BCUT2D eigenvalue weighted by molar-refractivity contribution is 5.83. The summed E-state index contributed by atoms with van der Waals surface area (Å²) in [6, 6.07) is 7.17. The van der Waals surface area contributed by atoms with Gasteiger partial charge in [0.15, 0.2) is 6.10 Å². The highest BCUT2D eigenvalue weighted by Crippen LogP contribution is 2.25. The molecule has 1 aromatic rings. The van der Waals surface area contributed by atoms with Crippen molar-refractivity contribution in [3.8, 4) is 5.75 Å². The second-order valence-corrected chi connectivity index (χ2v) is 5.00. The molecular formula is C15H19NO5. The van der Waals surface area contributed by atoms with Crippen molar-refractivity contribution in [2.75, 3.05) is 7.11 Å². The number of aliphatic carboxylic acids is 1. The van der Waals surface area contributed by atoms with Crippen LogP contribution in [-0.2, 0) is 14.3 Å². The van der Waals surface area contributed by atoms with Gasteiger partial charge in [0.25, 0.3) is 0 Å². The van der Waals surface area contributed by atoms with Crippen LogP contribution in [-0.4, -0.2) is 36.3 Å². The molecule has 0 saturated carbocycles. The summed E-state index contributed by atoms with van der Waals surface area (Å²) in [5.74, 6) is -0.624. The Morgan fingerprint density at radius 1 is 1.33 bits per heavy atom. The van der Waals surface area contributed by atoms with E-state index < -0.39 is 18.2 Å². The van der Waals surface area contributed by atoms with Crippen molar-refractivity contribution in [3.63, 3.8) is 0 Å². The second-order valence-electron chi connectivity index (χ2n) is 5.00. The Hall–Kier alpha value is -2.08. The number of hydrogen-bond donors (Lipinski definition) is 2. The minimum Gasteiger partial charge on any atom is -0.496 e. The molecule has 1 fully saturated rings. The number of carbonyl (C=O) groups is 2. The van der Waals surface area contributed by atoms with Crippen LogP contribution in [0.5, 0.6) is 5.75 Å². The standard InChI is InChI=1S/C15H19NO5/c1-9(10-5-3-4-6-11(10)20-2)16-14(17)12-7-8-13(21-12)15(18)19/h3-6,9,12-13H,7-8H2,1-2H3,(H,16,17)(H,18,19)/t9-,12+,13-/m1/s1. The van der Waals surface area contributed by atoms with Gasteiger partial charge in [-0.25, -0.2) is 4.79 Å². The van der Waals surface area contributed by atoms with Crippen LogP contribution in [0.4, 0.5) is 0 Å². The molecule has 1 heterocycles. The van der Waals surface area contributed by atoms with Gasteiger partial charge in [-0.05, 0) is 25.8 Å². The number of hydrogen-bond acceptors (Lipinski definition) is 4. The lowest BCUT2D eigenvalue weighted by Gasteiger charge is -2.19. The van der Waals surface area contributed by atoms with E-state index in [0.29, 0.717) is 18.6 Å². The number of nitrogens with one attached hydrogen (secondary N) is 1. The minimum atomic E-state index is -1.02. The van der Waals surface area contributed by atoms with Gasteiger partial charge >= 0.3 is 5.97 Å². The average Bonchev–Trinajstić information content (AvgIpc) is 2.97. The monoisotopic (exact) mass is 293 g/mol. The number of carbonyl (C=O) groups excluding carboxylic acids is 1.